The number of hydrogen-bond acceptors (Lipinski definition) is 4. The first-order valence-corrected chi connectivity index (χ1v) is 7.10. The molecule has 1 amide bonds. The normalized spacial score (nSPS) is 75.8. The summed E-state index contributed by atoms with van der Waals surface area (Å²) < 4.78 is 120. The van der Waals surface area contributed by atoms with Gasteiger partial charge in [0, 0.05) is 31.3 Å². The number of rotatable bonds is 3. The molecule has 3 atom stereocenters. The summed E-state index contributed by atoms with van der Waals surface area (Å²) in [6, 6.07) is 1.03. The van der Waals surface area contributed by atoms with Gasteiger partial charge in [0.05, 0.1) is 18.2 Å². The number of nitrogens with zero attached hydrogens (tertiary/aromatic N) is 2. The van der Waals surface area contributed by atoms with E-state index in [1.54, 1.807) is 0 Å². The van der Waals surface area contributed by atoms with E-state index in [2.05, 4.69) is 5.32 Å². The summed E-state index contributed by atoms with van der Waals surface area (Å²) in [6.45, 7) is -0.964. The smallest absolute Gasteiger partial charge is 0.237 e. The highest BCUT2D eigenvalue weighted by Gasteiger charge is 2.57. The predicted molar refractivity (Wildman–Crippen MR) is 80.7 cm³/mol. The minimum absolute atomic E-state index is 0.112. The van der Waals surface area contributed by atoms with Crippen LogP contribution in [0.4, 0.5) is 0 Å². The van der Waals surface area contributed by atoms with Crippen LogP contribution >= 0.6 is 0 Å². The quantitative estimate of drug-likeness (QED) is 0.819. The molecule has 0 aromatic carbocycles. The number of amides is 1. The van der Waals surface area contributed by atoms with Crippen LogP contribution in [0, 0.1) is 23.1 Å². The first-order chi connectivity index (χ1) is 15.9. The Labute approximate surface area is 151 Å². The van der Waals surface area contributed by atoms with Crippen molar-refractivity contribution in [1.29, 1.82) is 5.26 Å². The Kier molecular flexibility index (Phi) is 1.29. The molecule has 4 aliphatic carbocycles. The molecule has 5 rings (SSSR count). The van der Waals surface area contributed by atoms with Gasteiger partial charge in [-0.25, -0.2) is 0 Å². The molecule has 5 nitrogen and oxygen atoms in total. The van der Waals surface area contributed by atoms with Crippen LogP contribution in [-0.4, -0.2) is 46.2 Å². The summed E-state index contributed by atoms with van der Waals surface area (Å²) in [5.74, 6) is -8.76. The standard InChI is InChI=1S/C17H25N3O2/c18-9-14-2-1-3-20(14)15(21)10-19-16-5-12-4-13(6-16)8-17(22,7-12)11-16/h12-14,19,22H,1-8,10-11H2/t12?,13?,14-,16?,17?/m0/s1/i4D2,5D2,6D2,7D2,8D2,11D2,12D,13D. The fourth-order valence-electron chi connectivity index (χ4n) is 3.15. The maximum Gasteiger partial charge on any atom is 0.237 e. The summed E-state index contributed by atoms with van der Waals surface area (Å²) in [6.07, 6.45) is -23.1. The van der Waals surface area contributed by atoms with Crippen molar-refractivity contribution in [3.05, 3.63) is 0 Å². The topological polar surface area (TPSA) is 76.4 Å². The van der Waals surface area contributed by atoms with Gasteiger partial charge in [-0.15, -0.1) is 0 Å². The monoisotopic (exact) mass is 317 g/mol. The van der Waals surface area contributed by atoms with Crippen molar-refractivity contribution < 1.29 is 29.1 Å². The highest BCUT2D eigenvalue weighted by molar-refractivity contribution is 5.79. The molecule has 5 heteroatoms. The van der Waals surface area contributed by atoms with Crippen molar-refractivity contribution in [2.24, 2.45) is 11.8 Å². The highest BCUT2D eigenvalue weighted by Crippen LogP contribution is 2.57. The second kappa shape index (κ2) is 4.94. The summed E-state index contributed by atoms with van der Waals surface area (Å²) in [4.78, 5) is 14.0. The molecule has 22 heavy (non-hydrogen) atoms. The predicted octanol–water partition coefficient (Wildman–Crippen LogP) is 1.17. The summed E-state index contributed by atoms with van der Waals surface area (Å²) >= 11 is 0. The van der Waals surface area contributed by atoms with Crippen LogP contribution in [0.2, 0.25) is 0 Å². The molecule has 0 aromatic rings. The van der Waals surface area contributed by atoms with Gasteiger partial charge in [-0.1, -0.05) is 0 Å². The zero-order valence-electron chi connectivity index (χ0n) is 25.7. The van der Waals surface area contributed by atoms with Crippen LogP contribution in [0.15, 0.2) is 0 Å². The van der Waals surface area contributed by atoms with Crippen LogP contribution in [0.1, 0.15) is 70.3 Å². The third-order valence-electron chi connectivity index (χ3n) is 4.08. The van der Waals surface area contributed by atoms with E-state index >= 15 is 0 Å². The third kappa shape index (κ3) is 2.33. The number of nitrogens with one attached hydrogen (secondary N) is 1. The molecule has 1 heterocycles. The SMILES string of the molecule is [2H]C1([2H])C2([2H])C([2H])([2H])C3(O)C([2H])([2H])C1([2H])C([2H])([2H])C(NCC(=O)N1CCC[C@H]1C#N)(C2([2H])[2H])C3([2H])[2H]. The second-order valence-corrected chi connectivity index (χ2v) is 5.69. The van der Waals surface area contributed by atoms with Crippen LogP contribution < -0.4 is 5.32 Å². The molecule has 0 radical (unpaired) electrons. The molecule has 4 saturated carbocycles. The van der Waals surface area contributed by atoms with Gasteiger partial charge >= 0.3 is 0 Å². The summed E-state index contributed by atoms with van der Waals surface area (Å²) in [7, 11) is 0. The van der Waals surface area contributed by atoms with Crippen LogP contribution in [0.3, 0.4) is 0 Å². The Morgan fingerprint density at radius 2 is 2.18 bits per heavy atom. The molecule has 0 aromatic heterocycles. The van der Waals surface area contributed by atoms with Crippen LogP contribution in [0.5, 0.6) is 0 Å². The van der Waals surface area contributed by atoms with E-state index in [0.717, 1.165) is 4.90 Å². The van der Waals surface area contributed by atoms with Crippen molar-refractivity contribution >= 4 is 5.91 Å². The Morgan fingerprint density at radius 3 is 2.86 bits per heavy atom. The maximum absolute atomic E-state index is 12.9. The zero-order valence-corrected chi connectivity index (χ0v) is 11.7. The summed E-state index contributed by atoms with van der Waals surface area (Å²) in [5, 5.41) is 22.8. The van der Waals surface area contributed by atoms with Gasteiger partial charge in [0.25, 0.3) is 0 Å². The molecule has 0 spiro atoms. The first-order valence-electron chi connectivity index (χ1n) is 14.1. The van der Waals surface area contributed by atoms with Gasteiger partial charge in [-0.05, 0) is 62.9 Å². The van der Waals surface area contributed by atoms with Crippen LogP contribution in [-0.2, 0) is 4.79 Å². The van der Waals surface area contributed by atoms with Gasteiger partial charge in [-0.3, -0.25) is 4.79 Å². The zero-order chi connectivity index (χ0) is 28.0. The van der Waals surface area contributed by atoms with Gasteiger partial charge in [0.2, 0.25) is 5.91 Å². The number of carbonyl (C=O) groups excluding carboxylic acids is 1. The van der Waals surface area contributed by atoms with E-state index in [1.165, 1.54) is 0 Å². The third-order valence-corrected chi connectivity index (χ3v) is 4.08. The minimum Gasteiger partial charge on any atom is -0.390 e. The van der Waals surface area contributed by atoms with Crippen molar-refractivity contribution in [2.45, 2.75) is 68.3 Å². The van der Waals surface area contributed by atoms with E-state index in [9.17, 15) is 15.2 Å². The molecule has 120 valence electrons. The van der Waals surface area contributed by atoms with Gasteiger partial charge < -0.3 is 15.3 Å². The molecular formula is C17H25N3O2. The molecule has 1 saturated heterocycles. The number of aliphatic hydroxyl groups is 1. The van der Waals surface area contributed by atoms with E-state index in [0.29, 0.717) is 12.8 Å². The number of likely N-dealkylation sites (tertiary alicyclic amines) is 1. The van der Waals surface area contributed by atoms with E-state index < -0.39 is 79.7 Å². The minimum atomic E-state index is -4.11. The van der Waals surface area contributed by atoms with Crippen LogP contribution in [0.25, 0.3) is 0 Å². The Bertz CT molecular complexity index is 958. The van der Waals surface area contributed by atoms with Crippen molar-refractivity contribution in [3.63, 3.8) is 0 Å². The molecule has 2 N–H and O–H groups in total. The Hall–Kier alpha value is -1.12. The fourth-order valence-corrected chi connectivity index (χ4v) is 3.15. The maximum atomic E-state index is 12.9. The second-order valence-electron chi connectivity index (χ2n) is 5.69. The number of carbonyl (C=O) groups is 1. The molecule has 5 fully saturated rings. The molecule has 4 bridgehead atoms. The Morgan fingerprint density at radius 1 is 1.45 bits per heavy atom. The average Bonchev–Trinajstić information content (AvgIpc) is 3.22. The lowest BCUT2D eigenvalue weighted by atomic mass is 9.51. The number of hydrogen-bond donors (Lipinski definition) is 2. The fraction of sp³-hybridized carbons (Fsp3) is 0.882. The Balaban J connectivity index is 2.02. The average molecular weight is 317 g/mol. The first kappa shape index (κ1) is 5.75. The molecule has 1 aliphatic heterocycles. The summed E-state index contributed by atoms with van der Waals surface area (Å²) in [5.41, 5.74) is -7.77. The molecule has 5 aliphatic rings. The highest BCUT2D eigenvalue weighted by atomic mass is 16.3. The van der Waals surface area contributed by atoms with Gasteiger partial charge in [0.1, 0.15) is 6.04 Å². The van der Waals surface area contributed by atoms with Crippen molar-refractivity contribution in [2.75, 3.05) is 13.1 Å². The number of nitriles is 1. The van der Waals surface area contributed by atoms with E-state index in [4.69, 9.17) is 19.2 Å². The lowest BCUT2D eigenvalue weighted by molar-refractivity contribution is -0.147. The molecular weight excluding hydrogens is 278 g/mol. The van der Waals surface area contributed by atoms with Crippen molar-refractivity contribution in [3.8, 4) is 6.07 Å². The van der Waals surface area contributed by atoms with E-state index in [1.807, 2.05) is 6.07 Å². The van der Waals surface area contributed by atoms with Crippen molar-refractivity contribution in [1.82, 2.24) is 10.2 Å². The largest absolute Gasteiger partial charge is 0.390 e. The molecule has 2 unspecified atom stereocenters. The lowest BCUT2D eigenvalue weighted by Gasteiger charge is -2.60. The van der Waals surface area contributed by atoms with Gasteiger partial charge in [0.15, 0.2) is 0 Å². The lowest BCUT2D eigenvalue weighted by Crippen LogP contribution is -2.65. The van der Waals surface area contributed by atoms with E-state index in [-0.39, 0.29) is 6.54 Å². The van der Waals surface area contributed by atoms with Gasteiger partial charge in [-0.2, -0.15) is 5.26 Å².